The van der Waals surface area contributed by atoms with Crippen LogP contribution in [0.15, 0.2) is 34.6 Å². The summed E-state index contributed by atoms with van der Waals surface area (Å²) >= 11 is 0. The van der Waals surface area contributed by atoms with Crippen LogP contribution in [-0.4, -0.2) is 23.9 Å². The molecule has 0 spiro atoms. The molecule has 0 unspecified atom stereocenters. The van der Waals surface area contributed by atoms with E-state index in [1.54, 1.807) is 6.07 Å². The summed E-state index contributed by atoms with van der Waals surface area (Å²) in [5.41, 5.74) is 1.15. The van der Waals surface area contributed by atoms with Gasteiger partial charge < -0.3 is 14.8 Å². The van der Waals surface area contributed by atoms with Gasteiger partial charge in [-0.2, -0.15) is 0 Å². The molecule has 1 aromatic carbocycles. The fourth-order valence-electron chi connectivity index (χ4n) is 1.27. The summed E-state index contributed by atoms with van der Waals surface area (Å²) < 4.78 is 5.21. The van der Waals surface area contributed by atoms with Crippen LogP contribution in [0.3, 0.4) is 0 Å². The number of nitrogens with zero attached hydrogens (tertiary/aromatic N) is 2. The van der Waals surface area contributed by atoms with Gasteiger partial charge in [0.1, 0.15) is 12.9 Å². The Morgan fingerprint density at radius 1 is 1.36 bits per heavy atom. The van der Waals surface area contributed by atoms with E-state index in [2.05, 4.69) is 15.1 Å². The van der Waals surface area contributed by atoms with Crippen LogP contribution < -0.4 is 4.74 Å². The Morgan fingerprint density at radius 3 is 2.86 bits per heavy atom. The Bertz CT molecular complexity index is 412. The van der Waals surface area contributed by atoms with Crippen molar-refractivity contribution in [3.05, 3.63) is 29.8 Å². The van der Waals surface area contributed by atoms with Crippen molar-refractivity contribution in [1.82, 2.24) is 0 Å². The van der Waals surface area contributed by atoms with Crippen LogP contribution >= 0.6 is 0 Å². The van der Waals surface area contributed by atoms with Crippen LogP contribution in [0.25, 0.3) is 0 Å². The third-order valence-corrected chi connectivity index (χ3v) is 1.82. The predicted molar refractivity (Wildman–Crippen MR) is 49.8 cm³/mol. The molecule has 5 nitrogen and oxygen atoms in total. The van der Waals surface area contributed by atoms with Crippen molar-refractivity contribution in [2.75, 3.05) is 7.11 Å². The van der Waals surface area contributed by atoms with Crippen LogP contribution in [0.2, 0.25) is 0 Å². The van der Waals surface area contributed by atoms with Gasteiger partial charge in [0.2, 0.25) is 0 Å². The lowest BCUT2D eigenvalue weighted by Gasteiger charge is -1.93. The molecular formula is C9H8N2O3. The maximum absolute atomic E-state index is 8.66. The molecule has 5 heteroatoms. The summed E-state index contributed by atoms with van der Waals surface area (Å²) in [7, 11) is 1.42. The molecule has 1 heterocycles. The molecule has 0 fully saturated rings. The number of ether oxygens (including phenoxy) is 1. The maximum Gasteiger partial charge on any atom is 0.285 e. The van der Waals surface area contributed by atoms with Crippen molar-refractivity contribution >= 4 is 11.6 Å². The Balaban J connectivity index is 2.53. The van der Waals surface area contributed by atoms with E-state index in [4.69, 9.17) is 9.94 Å². The van der Waals surface area contributed by atoms with Crippen molar-refractivity contribution in [2.24, 2.45) is 10.3 Å². The average molecular weight is 192 g/mol. The summed E-state index contributed by atoms with van der Waals surface area (Å²) in [6, 6.07) is 7.24. The SMILES string of the molecule is CO/N=C1/C(=N/O)Oc2ccccc21. The molecule has 1 aliphatic rings. The highest BCUT2D eigenvalue weighted by Gasteiger charge is 2.27. The van der Waals surface area contributed by atoms with Crippen molar-refractivity contribution in [2.45, 2.75) is 0 Å². The number of hydrogen-bond acceptors (Lipinski definition) is 5. The Morgan fingerprint density at radius 2 is 2.14 bits per heavy atom. The van der Waals surface area contributed by atoms with Crippen molar-refractivity contribution < 1.29 is 14.8 Å². The van der Waals surface area contributed by atoms with Gasteiger partial charge in [-0.1, -0.05) is 17.3 Å². The second kappa shape index (κ2) is 3.37. The van der Waals surface area contributed by atoms with Crippen LogP contribution in [0, 0.1) is 0 Å². The smallest absolute Gasteiger partial charge is 0.285 e. The zero-order valence-corrected chi connectivity index (χ0v) is 7.47. The van der Waals surface area contributed by atoms with Gasteiger partial charge in [0, 0.05) is 0 Å². The summed E-state index contributed by atoms with van der Waals surface area (Å²) in [6.45, 7) is 0. The molecule has 1 N–H and O–H groups in total. The Labute approximate surface area is 80.2 Å². The first-order valence-electron chi connectivity index (χ1n) is 3.97. The molecule has 0 saturated heterocycles. The van der Waals surface area contributed by atoms with Gasteiger partial charge in [-0.3, -0.25) is 0 Å². The molecule has 0 atom stereocenters. The molecule has 0 aliphatic carbocycles. The molecule has 0 radical (unpaired) electrons. The van der Waals surface area contributed by atoms with Crippen molar-refractivity contribution in [3.8, 4) is 5.75 Å². The van der Waals surface area contributed by atoms with E-state index in [9.17, 15) is 0 Å². The minimum atomic E-state index is 0.0491. The van der Waals surface area contributed by atoms with Gasteiger partial charge in [-0.05, 0) is 17.3 Å². The van der Waals surface area contributed by atoms with E-state index in [0.717, 1.165) is 5.56 Å². The number of rotatable bonds is 1. The lowest BCUT2D eigenvalue weighted by atomic mass is 10.1. The van der Waals surface area contributed by atoms with Crippen LogP contribution in [0.1, 0.15) is 5.56 Å². The number of benzene rings is 1. The standard InChI is InChI=1S/C9H8N2O3/c1-13-11-8-6-4-2-3-5-7(6)14-9(8)10-12/h2-5,12H,1H3/b10-9-,11-8+. The van der Waals surface area contributed by atoms with E-state index >= 15 is 0 Å². The zero-order valence-electron chi connectivity index (χ0n) is 7.47. The molecule has 0 aromatic heterocycles. The highest BCUT2D eigenvalue weighted by atomic mass is 16.6. The topological polar surface area (TPSA) is 63.4 Å². The van der Waals surface area contributed by atoms with E-state index in [-0.39, 0.29) is 5.90 Å². The first-order chi connectivity index (χ1) is 6.86. The van der Waals surface area contributed by atoms with E-state index in [1.165, 1.54) is 7.11 Å². The Kier molecular flexibility index (Phi) is 2.06. The molecule has 0 amide bonds. The van der Waals surface area contributed by atoms with Crippen LogP contribution in [0.4, 0.5) is 0 Å². The Hall–Kier alpha value is -2.04. The predicted octanol–water partition coefficient (Wildman–Crippen LogP) is 1.22. The van der Waals surface area contributed by atoms with E-state index < -0.39 is 0 Å². The summed E-state index contributed by atoms with van der Waals surface area (Å²) in [4.78, 5) is 4.63. The summed E-state index contributed by atoms with van der Waals surface area (Å²) in [5, 5.41) is 15.4. The number of fused-ring (bicyclic) bond motifs is 1. The van der Waals surface area contributed by atoms with E-state index in [1.807, 2.05) is 18.2 Å². The van der Waals surface area contributed by atoms with Crippen LogP contribution in [0.5, 0.6) is 5.75 Å². The number of hydrogen-bond donors (Lipinski definition) is 1. The first kappa shape index (κ1) is 8.55. The maximum atomic E-state index is 8.66. The highest BCUT2D eigenvalue weighted by molar-refractivity contribution is 6.48. The van der Waals surface area contributed by atoms with Crippen molar-refractivity contribution in [1.29, 1.82) is 0 Å². The molecular weight excluding hydrogens is 184 g/mol. The molecule has 0 saturated carbocycles. The van der Waals surface area contributed by atoms with Crippen LogP contribution in [-0.2, 0) is 4.84 Å². The lowest BCUT2D eigenvalue weighted by molar-refractivity contribution is 0.214. The van der Waals surface area contributed by atoms with Gasteiger partial charge in [0.05, 0.1) is 5.56 Å². The number of para-hydroxylation sites is 1. The number of oxime groups is 2. The minimum Gasteiger partial charge on any atom is -0.434 e. The van der Waals surface area contributed by atoms with Gasteiger partial charge in [-0.15, -0.1) is 0 Å². The second-order valence-corrected chi connectivity index (χ2v) is 2.63. The summed E-state index contributed by atoms with van der Waals surface area (Å²) in [5.74, 6) is 0.657. The van der Waals surface area contributed by atoms with E-state index in [0.29, 0.717) is 11.5 Å². The average Bonchev–Trinajstić information content (AvgIpc) is 2.58. The zero-order chi connectivity index (χ0) is 9.97. The minimum absolute atomic E-state index is 0.0491. The molecule has 2 rings (SSSR count). The third-order valence-electron chi connectivity index (χ3n) is 1.82. The lowest BCUT2D eigenvalue weighted by Crippen LogP contribution is -2.13. The quantitative estimate of drug-likeness (QED) is 0.537. The molecule has 14 heavy (non-hydrogen) atoms. The monoisotopic (exact) mass is 192 g/mol. The van der Waals surface area contributed by atoms with Gasteiger partial charge >= 0.3 is 0 Å². The molecule has 1 aromatic rings. The molecule has 72 valence electrons. The second-order valence-electron chi connectivity index (χ2n) is 2.63. The fraction of sp³-hybridized carbons (Fsp3) is 0.111. The summed E-state index contributed by atoms with van der Waals surface area (Å²) in [6.07, 6.45) is 0. The largest absolute Gasteiger partial charge is 0.434 e. The first-order valence-corrected chi connectivity index (χ1v) is 3.97. The third kappa shape index (κ3) is 1.19. The molecule has 0 bridgehead atoms. The van der Waals surface area contributed by atoms with Gasteiger partial charge in [0.25, 0.3) is 5.90 Å². The fourth-order valence-corrected chi connectivity index (χ4v) is 1.27. The highest BCUT2D eigenvalue weighted by Crippen LogP contribution is 2.26. The normalized spacial score (nSPS) is 19.5. The van der Waals surface area contributed by atoms with Crippen molar-refractivity contribution in [3.63, 3.8) is 0 Å². The van der Waals surface area contributed by atoms with Gasteiger partial charge in [0.15, 0.2) is 5.71 Å². The molecule has 1 aliphatic heterocycles. The van der Waals surface area contributed by atoms with Gasteiger partial charge in [-0.25, -0.2) is 0 Å².